The van der Waals surface area contributed by atoms with E-state index in [-0.39, 0.29) is 16.7 Å². The Morgan fingerprint density at radius 1 is 1.15 bits per heavy atom. The van der Waals surface area contributed by atoms with Crippen molar-refractivity contribution < 1.29 is 9.90 Å². The summed E-state index contributed by atoms with van der Waals surface area (Å²) in [5, 5.41) is 14.0. The third-order valence-corrected chi connectivity index (χ3v) is 4.96. The zero-order chi connectivity index (χ0) is 20.3. The van der Waals surface area contributed by atoms with E-state index in [1.54, 1.807) is 4.90 Å². The van der Waals surface area contributed by atoms with Crippen LogP contribution in [0, 0.1) is 6.92 Å². The van der Waals surface area contributed by atoms with E-state index >= 15 is 0 Å². The second kappa shape index (κ2) is 8.43. The Balaban J connectivity index is 3.21. The molecule has 0 spiro atoms. The molecule has 4 heteroatoms. The molecule has 0 aliphatic rings. The lowest BCUT2D eigenvalue weighted by Gasteiger charge is -2.30. The monoisotopic (exact) mass is 362 g/mol. The highest BCUT2D eigenvalue weighted by Gasteiger charge is 2.29. The van der Waals surface area contributed by atoms with Gasteiger partial charge in [-0.05, 0) is 47.9 Å². The first-order chi connectivity index (χ1) is 11.8. The summed E-state index contributed by atoms with van der Waals surface area (Å²) in [6, 6.07) is 2.10. The number of phenols is 1. The number of nitrogens with zero attached hydrogens (tertiary/aromatic N) is 1. The van der Waals surface area contributed by atoms with Gasteiger partial charge in [-0.15, -0.1) is 0 Å². The molecule has 0 unspecified atom stereocenters. The van der Waals surface area contributed by atoms with Crippen LogP contribution in [0.1, 0.15) is 70.2 Å². The Hall–Kier alpha value is -1.55. The smallest absolute Gasteiger partial charge is 0.222 e. The van der Waals surface area contributed by atoms with Crippen molar-refractivity contribution in [2.24, 2.45) is 0 Å². The first kappa shape index (κ1) is 22.5. The van der Waals surface area contributed by atoms with Crippen LogP contribution in [0.15, 0.2) is 6.07 Å². The molecule has 0 aromatic heterocycles. The largest absolute Gasteiger partial charge is 0.507 e. The summed E-state index contributed by atoms with van der Waals surface area (Å²) in [5.41, 5.74) is 3.91. The molecule has 148 valence electrons. The van der Waals surface area contributed by atoms with Crippen molar-refractivity contribution in [2.45, 2.75) is 72.1 Å². The molecule has 1 amide bonds. The predicted octanol–water partition coefficient (Wildman–Crippen LogP) is 3.91. The summed E-state index contributed by atoms with van der Waals surface area (Å²) >= 11 is 0. The number of hydrogen-bond acceptors (Lipinski definition) is 3. The molecule has 2 N–H and O–H groups in total. The van der Waals surface area contributed by atoms with Gasteiger partial charge in [0.05, 0.1) is 0 Å². The lowest BCUT2D eigenvalue weighted by atomic mass is 9.75. The number of aryl methyl sites for hydroxylation is 1. The number of phenolic OH excluding ortho intramolecular Hbond substituents is 1. The Labute approximate surface area is 160 Å². The fraction of sp³-hybridized carbons (Fsp3) is 0.682. The minimum Gasteiger partial charge on any atom is -0.507 e. The highest BCUT2D eigenvalue weighted by molar-refractivity contribution is 5.76. The van der Waals surface area contributed by atoms with E-state index in [4.69, 9.17) is 0 Å². The van der Waals surface area contributed by atoms with Crippen molar-refractivity contribution in [1.29, 1.82) is 0 Å². The van der Waals surface area contributed by atoms with Crippen molar-refractivity contribution in [3.8, 4) is 5.75 Å². The molecule has 0 bridgehead atoms. The fourth-order valence-corrected chi connectivity index (χ4v) is 3.41. The number of hydrogen-bond donors (Lipinski definition) is 2. The first-order valence-corrected chi connectivity index (χ1v) is 9.55. The van der Waals surface area contributed by atoms with Gasteiger partial charge in [0.1, 0.15) is 5.75 Å². The van der Waals surface area contributed by atoms with Crippen molar-refractivity contribution >= 4 is 5.91 Å². The number of likely N-dealkylation sites (N-methyl/N-ethyl adjacent to an activating group) is 2. The van der Waals surface area contributed by atoms with Crippen LogP contribution in [0.5, 0.6) is 5.75 Å². The number of aromatic hydroxyl groups is 1. The average molecular weight is 363 g/mol. The summed E-state index contributed by atoms with van der Waals surface area (Å²) in [4.78, 5) is 14.2. The average Bonchev–Trinajstić information content (AvgIpc) is 2.48. The highest BCUT2D eigenvalue weighted by Crippen LogP contribution is 2.42. The number of rotatable bonds is 6. The normalized spacial score (nSPS) is 12.3. The summed E-state index contributed by atoms with van der Waals surface area (Å²) in [6.45, 7) is 16.3. The highest BCUT2D eigenvalue weighted by atomic mass is 16.3. The zero-order valence-corrected chi connectivity index (χ0v) is 18.2. The van der Waals surface area contributed by atoms with Crippen LogP contribution in [0.4, 0.5) is 0 Å². The van der Waals surface area contributed by atoms with E-state index in [0.717, 1.165) is 28.8 Å². The maximum atomic E-state index is 12.4. The van der Waals surface area contributed by atoms with Gasteiger partial charge in [-0.1, -0.05) is 47.6 Å². The topological polar surface area (TPSA) is 52.6 Å². The maximum Gasteiger partial charge on any atom is 0.222 e. The molecule has 1 aromatic carbocycles. The molecule has 4 nitrogen and oxygen atoms in total. The van der Waals surface area contributed by atoms with Gasteiger partial charge in [0.15, 0.2) is 0 Å². The Morgan fingerprint density at radius 3 is 2.19 bits per heavy atom. The molecular formula is C22H38N2O2. The van der Waals surface area contributed by atoms with E-state index in [0.29, 0.717) is 25.1 Å². The van der Waals surface area contributed by atoms with Gasteiger partial charge in [-0.25, -0.2) is 0 Å². The maximum absolute atomic E-state index is 12.4. The molecule has 0 aliphatic carbocycles. The van der Waals surface area contributed by atoms with Crippen LogP contribution in [-0.2, 0) is 22.0 Å². The second-order valence-corrected chi connectivity index (χ2v) is 9.35. The van der Waals surface area contributed by atoms with Crippen LogP contribution < -0.4 is 5.32 Å². The molecule has 0 fully saturated rings. The minimum atomic E-state index is -0.155. The number of nitrogens with one attached hydrogen (secondary N) is 1. The van der Waals surface area contributed by atoms with E-state index < -0.39 is 0 Å². The lowest BCUT2D eigenvalue weighted by Crippen LogP contribution is -2.33. The molecule has 26 heavy (non-hydrogen) atoms. The molecule has 0 atom stereocenters. The minimum absolute atomic E-state index is 0.153. The van der Waals surface area contributed by atoms with Crippen LogP contribution >= 0.6 is 0 Å². The van der Waals surface area contributed by atoms with Crippen LogP contribution in [0.25, 0.3) is 0 Å². The van der Waals surface area contributed by atoms with Crippen LogP contribution in [0.2, 0.25) is 0 Å². The molecule has 0 heterocycles. The number of amides is 1. The first-order valence-electron chi connectivity index (χ1n) is 9.55. The predicted molar refractivity (Wildman–Crippen MR) is 110 cm³/mol. The van der Waals surface area contributed by atoms with E-state index in [2.05, 4.69) is 59.8 Å². The summed E-state index contributed by atoms with van der Waals surface area (Å²) < 4.78 is 0. The van der Waals surface area contributed by atoms with Crippen molar-refractivity contribution in [3.63, 3.8) is 0 Å². The Morgan fingerprint density at radius 2 is 1.73 bits per heavy atom. The van der Waals surface area contributed by atoms with Gasteiger partial charge >= 0.3 is 0 Å². The van der Waals surface area contributed by atoms with E-state index in [1.807, 2.05) is 14.1 Å². The van der Waals surface area contributed by atoms with Gasteiger partial charge in [-0.2, -0.15) is 0 Å². The van der Waals surface area contributed by atoms with Gasteiger partial charge in [0.25, 0.3) is 0 Å². The van der Waals surface area contributed by atoms with Crippen molar-refractivity contribution in [1.82, 2.24) is 10.2 Å². The SMILES string of the molecule is CNCCN(C)C(=O)CCc1cc(C(C)(C)C)c(O)c(C(C)(C)C)c1C. The Bertz CT molecular complexity index is 637. The van der Waals surface area contributed by atoms with Crippen molar-refractivity contribution in [2.75, 3.05) is 27.2 Å². The van der Waals surface area contributed by atoms with Crippen LogP contribution in [0.3, 0.4) is 0 Å². The van der Waals surface area contributed by atoms with Gasteiger partial charge in [0, 0.05) is 32.1 Å². The quantitative estimate of drug-likeness (QED) is 0.807. The third-order valence-electron chi connectivity index (χ3n) is 4.96. The van der Waals surface area contributed by atoms with E-state index in [1.165, 1.54) is 0 Å². The second-order valence-electron chi connectivity index (χ2n) is 9.35. The lowest BCUT2D eigenvalue weighted by molar-refractivity contribution is -0.129. The molecule has 1 rings (SSSR count). The van der Waals surface area contributed by atoms with E-state index in [9.17, 15) is 9.90 Å². The number of carbonyl (C=O) groups is 1. The Kier molecular flexibility index (Phi) is 7.29. The molecular weight excluding hydrogens is 324 g/mol. The fourth-order valence-electron chi connectivity index (χ4n) is 3.41. The van der Waals surface area contributed by atoms with Gasteiger partial charge < -0.3 is 15.3 Å². The summed E-state index contributed by atoms with van der Waals surface area (Å²) in [5.74, 6) is 0.561. The summed E-state index contributed by atoms with van der Waals surface area (Å²) in [7, 11) is 3.74. The van der Waals surface area contributed by atoms with Crippen LogP contribution in [-0.4, -0.2) is 43.1 Å². The summed E-state index contributed by atoms with van der Waals surface area (Å²) in [6.07, 6.45) is 1.18. The molecule has 1 aromatic rings. The molecule has 0 saturated carbocycles. The molecule has 0 aliphatic heterocycles. The standard InChI is InChI=1S/C22H38N2O2/c1-15-16(10-11-18(25)24(9)13-12-23-8)14-17(21(2,3)4)20(26)19(15)22(5,6)7/h14,23,26H,10-13H2,1-9H3. The van der Waals surface area contributed by atoms with Gasteiger partial charge in [0.2, 0.25) is 5.91 Å². The zero-order valence-electron chi connectivity index (χ0n) is 18.2. The number of carbonyl (C=O) groups excluding carboxylic acids is 1. The molecule has 0 saturated heterocycles. The molecule has 0 radical (unpaired) electrons. The van der Waals surface area contributed by atoms with Crippen molar-refractivity contribution in [3.05, 3.63) is 28.3 Å². The number of benzene rings is 1. The van der Waals surface area contributed by atoms with Gasteiger partial charge in [-0.3, -0.25) is 4.79 Å². The third kappa shape index (κ3) is 5.47.